The number of hydrogen-bond acceptors (Lipinski definition) is 4. The van der Waals surface area contributed by atoms with Crippen LogP contribution in [0.5, 0.6) is 0 Å². The average Bonchev–Trinajstić information content (AvgIpc) is 3.11. The molecule has 2 aliphatic rings. The number of fused-ring (bicyclic) bond motifs is 2. The van der Waals surface area contributed by atoms with E-state index in [1.165, 1.54) is 30.5 Å². The zero-order valence-electron chi connectivity index (χ0n) is 15.7. The second-order valence-electron chi connectivity index (χ2n) is 7.64. The number of piperidine rings is 1. The summed E-state index contributed by atoms with van der Waals surface area (Å²) in [5, 5.41) is 0.678. The summed E-state index contributed by atoms with van der Waals surface area (Å²) >= 11 is 2.51. The lowest BCUT2D eigenvalue weighted by molar-refractivity contribution is 0.564. The molecule has 1 atom stereocenters. The number of hydrogen-bond donors (Lipinski definition) is 1. The lowest BCUT2D eigenvalue weighted by atomic mass is 10.1. The third-order valence-electron chi connectivity index (χ3n) is 5.82. The van der Waals surface area contributed by atoms with Crippen molar-refractivity contribution in [3.8, 4) is 0 Å². The predicted molar refractivity (Wildman–Crippen MR) is 123 cm³/mol. The fourth-order valence-electron chi connectivity index (χ4n) is 4.36. The number of aromatic amines is 1. The van der Waals surface area contributed by atoms with Crippen LogP contribution in [0, 0.1) is 0 Å². The number of alkyl halides is 1. The van der Waals surface area contributed by atoms with E-state index in [0.717, 1.165) is 36.5 Å². The number of H-pyrrole nitrogens is 1. The molecule has 5 nitrogen and oxygen atoms in total. The van der Waals surface area contributed by atoms with E-state index >= 15 is 0 Å². The van der Waals surface area contributed by atoms with Gasteiger partial charge in [0.15, 0.2) is 0 Å². The molecule has 3 heterocycles. The molecular weight excluding hydrogens is 463 g/mol. The van der Waals surface area contributed by atoms with Crippen molar-refractivity contribution in [3.05, 3.63) is 64.2 Å². The van der Waals surface area contributed by atoms with Crippen LogP contribution in [0.15, 0.2) is 47.3 Å². The van der Waals surface area contributed by atoms with Gasteiger partial charge in [0.05, 0.1) is 21.5 Å². The van der Waals surface area contributed by atoms with E-state index in [-0.39, 0.29) is 5.56 Å². The largest absolute Gasteiger partial charge is 0.364 e. The Morgan fingerprint density at radius 2 is 2.04 bits per heavy atom. The van der Waals surface area contributed by atoms with Crippen molar-refractivity contribution in [2.75, 3.05) is 22.9 Å². The zero-order valence-corrected chi connectivity index (χ0v) is 17.9. The minimum atomic E-state index is -0.0450. The molecule has 1 aromatic heterocycles. The van der Waals surface area contributed by atoms with Crippen LogP contribution in [0.25, 0.3) is 10.9 Å². The number of rotatable bonds is 3. The zero-order chi connectivity index (χ0) is 19.1. The molecule has 5 rings (SSSR count). The highest BCUT2D eigenvalue weighted by Gasteiger charge is 2.22. The Morgan fingerprint density at radius 3 is 2.93 bits per heavy atom. The van der Waals surface area contributed by atoms with E-state index in [0.29, 0.717) is 16.0 Å². The van der Waals surface area contributed by atoms with Crippen LogP contribution in [0.1, 0.15) is 30.7 Å². The summed E-state index contributed by atoms with van der Waals surface area (Å²) in [6, 6.07) is 14.6. The molecule has 28 heavy (non-hydrogen) atoms. The minimum absolute atomic E-state index is 0.0450. The summed E-state index contributed by atoms with van der Waals surface area (Å²) in [6.07, 6.45) is 4.74. The van der Waals surface area contributed by atoms with Gasteiger partial charge in [0, 0.05) is 24.5 Å². The lowest BCUT2D eigenvalue weighted by Gasteiger charge is -2.34. The van der Waals surface area contributed by atoms with Crippen molar-refractivity contribution in [1.82, 2.24) is 9.97 Å². The second kappa shape index (κ2) is 7.39. The number of anilines is 2. The van der Waals surface area contributed by atoms with E-state index in [1.807, 2.05) is 12.1 Å². The summed E-state index contributed by atoms with van der Waals surface area (Å²) in [5.74, 6) is 0.728. The highest BCUT2D eigenvalue weighted by molar-refractivity contribution is 14.1. The minimum Gasteiger partial charge on any atom is -0.364 e. The van der Waals surface area contributed by atoms with Gasteiger partial charge < -0.3 is 14.8 Å². The molecule has 2 aliphatic heterocycles. The molecule has 0 aliphatic carbocycles. The summed E-state index contributed by atoms with van der Waals surface area (Å²) in [4.78, 5) is 25.3. The Balaban J connectivity index is 1.45. The molecule has 1 unspecified atom stereocenters. The normalized spacial score (nSPS) is 19.2. The fourth-order valence-corrected chi connectivity index (χ4v) is 5.40. The first-order valence-corrected chi connectivity index (χ1v) is 11.2. The van der Waals surface area contributed by atoms with Gasteiger partial charge in [-0.3, -0.25) is 4.79 Å². The maximum atomic E-state index is 12.8. The van der Waals surface area contributed by atoms with Gasteiger partial charge in [-0.2, -0.15) is 0 Å². The third-order valence-corrected chi connectivity index (χ3v) is 7.12. The number of para-hydroxylation sites is 1. The van der Waals surface area contributed by atoms with Crippen molar-refractivity contribution in [1.29, 1.82) is 0 Å². The third kappa shape index (κ3) is 3.27. The molecule has 0 spiro atoms. The predicted octanol–water partition coefficient (Wildman–Crippen LogP) is 4.24. The molecule has 3 aromatic rings. The fraction of sp³-hybridized carbons (Fsp3) is 0.364. The lowest BCUT2D eigenvalue weighted by Crippen LogP contribution is -2.35. The number of benzene rings is 2. The van der Waals surface area contributed by atoms with Crippen LogP contribution < -0.4 is 15.4 Å². The molecule has 1 fully saturated rings. The first kappa shape index (κ1) is 18.0. The molecule has 0 bridgehead atoms. The van der Waals surface area contributed by atoms with Crippen LogP contribution in [-0.2, 0) is 13.0 Å². The molecule has 1 saturated heterocycles. The standard InChI is InChI=1S/C22H23IN4O/c23-20-7-3-4-11-27(20)16-8-9-18-17(13-16)22(28)25-21(24-18)14-26-12-10-15-5-1-2-6-19(15)26/h1-2,5-6,8-9,13,20H,3-4,7,10-12,14H2,(H,24,25,28). The smallest absolute Gasteiger partial charge is 0.258 e. The molecule has 2 aromatic carbocycles. The van der Waals surface area contributed by atoms with Gasteiger partial charge in [-0.05, 0) is 55.5 Å². The summed E-state index contributed by atoms with van der Waals surface area (Å²) < 4.78 is 0.491. The molecular formula is C22H23IN4O. The van der Waals surface area contributed by atoms with Crippen molar-refractivity contribution < 1.29 is 0 Å². The van der Waals surface area contributed by atoms with Gasteiger partial charge in [0.1, 0.15) is 5.82 Å². The molecule has 144 valence electrons. The van der Waals surface area contributed by atoms with Crippen LogP contribution in [0.2, 0.25) is 0 Å². The average molecular weight is 486 g/mol. The number of nitrogens with zero attached hydrogens (tertiary/aromatic N) is 3. The first-order chi connectivity index (χ1) is 13.7. The molecule has 0 amide bonds. The Hall–Kier alpha value is -2.09. The van der Waals surface area contributed by atoms with E-state index in [1.54, 1.807) is 0 Å². The van der Waals surface area contributed by atoms with Gasteiger partial charge in [-0.1, -0.05) is 40.8 Å². The summed E-state index contributed by atoms with van der Waals surface area (Å²) in [5.41, 5.74) is 4.47. The maximum absolute atomic E-state index is 12.8. The van der Waals surface area contributed by atoms with Crippen LogP contribution in [-0.4, -0.2) is 27.1 Å². The van der Waals surface area contributed by atoms with Crippen molar-refractivity contribution in [2.45, 2.75) is 36.3 Å². The quantitative estimate of drug-likeness (QED) is 0.342. The van der Waals surface area contributed by atoms with Crippen molar-refractivity contribution in [2.24, 2.45) is 0 Å². The SMILES string of the molecule is O=c1[nH]c(CN2CCc3ccccc32)nc2ccc(N3CCCCC3I)cc12. The van der Waals surface area contributed by atoms with Gasteiger partial charge in [-0.25, -0.2) is 4.98 Å². The summed E-state index contributed by atoms with van der Waals surface area (Å²) in [6.45, 7) is 2.65. The highest BCUT2D eigenvalue weighted by Crippen LogP contribution is 2.30. The van der Waals surface area contributed by atoms with E-state index in [2.05, 4.69) is 67.7 Å². The maximum Gasteiger partial charge on any atom is 0.258 e. The second-order valence-corrected chi connectivity index (χ2v) is 9.08. The van der Waals surface area contributed by atoms with Gasteiger partial charge in [-0.15, -0.1) is 0 Å². The number of nitrogens with one attached hydrogen (secondary N) is 1. The number of halogens is 1. The first-order valence-electron chi connectivity index (χ1n) is 9.95. The topological polar surface area (TPSA) is 52.2 Å². The Morgan fingerprint density at radius 1 is 1.14 bits per heavy atom. The molecule has 0 saturated carbocycles. The Bertz CT molecular complexity index is 1080. The monoisotopic (exact) mass is 486 g/mol. The van der Waals surface area contributed by atoms with Gasteiger partial charge in [0.25, 0.3) is 5.56 Å². The van der Waals surface area contributed by atoms with E-state index < -0.39 is 0 Å². The molecule has 0 radical (unpaired) electrons. The van der Waals surface area contributed by atoms with E-state index in [4.69, 9.17) is 4.98 Å². The van der Waals surface area contributed by atoms with Crippen LogP contribution in [0.3, 0.4) is 0 Å². The van der Waals surface area contributed by atoms with Crippen LogP contribution in [0.4, 0.5) is 11.4 Å². The Kier molecular flexibility index (Phi) is 4.74. The molecule has 6 heteroatoms. The van der Waals surface area contributed by atoms with Crippen molar-refractivity contribution >= 4 is 44.9 Å². The number of aromatic nitrogens is 2. The van der Waals surface area contributed by atoms with E-state index in [9.17, 15) is 4.79 Å². The molecule has 1 N–H and O–H groups in total. The van der Waals surface area contributed by atoms with Crippen molar-refractivity contribution in [3.63, 3.8) is 0 Å². The summed E-state index contributed by atoms with van der Waals surface area (Å²) in [7, 11) is 0. The van der Waals surface area contributed by atoms with Gasteiger partial charge >= 0.3 is 0 Å². The highest BCUT2D eigenvalue weighted by atomic mass is 127. The van der Waals surface area contributed by atoms with Crippen LogP contribution >= 0.6 is 22.6 Å². The van der Waals surface area contributed by atoms with Gasteiger partial charge in [0.2, 0.25) is 0 Å². The Labute approximate surface area is 177 Å².